The Morgan fingerprint density at radius 2 is 2.29 bits per heavy atom. The highest BCUT2D eigenvalue weighted by Crippen LogP contribution is 2.35. The number of carbonyl (C=O) groups is 1. The molecular weight excluding hydrogens is 212 g/mol. The molecule has 0 heterocycles. The van der Waals surface area contributed by atoms with Crippen molar-refractivity contribution in [2.24, 2.45) is 5.92 Å². The lowest BCUT2D eigenvalue weighted by atomic mass is 9.78. The number of carbonyl (C=O) groups excluding carboxylic acids is 1. The number of nitriles is 1. The molecule has 17 heavy (non-hydrogen) atoms. The van der Waals surface area contributed by atoms with Crippen molar-refractivity contribution < 1.29 is 4.79 Å². The van der Waals surface area contributed by atoms with Gasteiger partial charge in [0.25, 0.3) is 0 Å². The topological polar surface area (TPSA) is 52.9 Å². The highest BCUT2D eigenvalue weighted by Gasteiger charge is 2.29. The minimum atomic E-state index is -0.0327. The molecule has 0 aliphatic heterocycles. The zero-order valence-corrected chi connectivity index (χ0v) is 9.94. The maximum absolute atomic E-state index is 11.3. The molecule has 1 aliphatic rings. The van der Waals surface area contributed by atoms with Crippen molar-refractivity contribution in [1.29, 1.82) is 5.26 Å². The smallest absolute Gasteiger partial charge is 0.217 e. The molecule has 1 amide bonds. The van der Waals surface area contributed by atoms with Crippen molar-refractivity contribution >= 4 is 5.91 Å². The number of rotatable bonds is 2. The second-order valence-electron chi connectivity index (χ2n) is 4.54. The van der Waals surface area contributed by atoms with Gasteiger partial charge in [-0.25, -0.2) is 0 Å². The number of nitrogens with one attached hydrogen (secondary N) is 1. The van der Waals surface area contributed by atoms with Crippen molar-refractivity contribution in [1.82, 2.24) is 5.32 Å². The minimum absolute atomic E-state index is 0.00269. The van der Waals surface area contributed by atoms with Crippen LogP contribution in [0.3, 0.4) is 0 Å². The van der Waals surface area contributed by atoms with Crippen LogP contribution in [0, 0.1) is 17.2 Å². The first-order valence-electron chi connectivity index (χ1n) is 5.94. The third-order valence-corrected chi connectivity index (χ3v) is 3.36. The van der Waals surface area contributed by atoms with E-state index in [2.05, 4.69) is 23.5 Å². The second kappa shape index (κ2) is 5.01. The van der Waals surface area contributed by atoms with Crippen LogP contribution in [0.1, 0.15) is 36.9 Å². The molecule has 0 saturated carbocycles. The second-order valence-corrected chi connectivity index (χ2v) is 4.54. The van der Waals surface area contributed by atoms with E-state index >= 15 is 0 Å². The van der Waals surface area contributed by atoms with Crippen molar-refractivity contribution in [2.45, 2.75) is 32.2 Å². The molecule has 2 atom stereocenters. The van der Waals surface area contributed by atoms with Crippen molar-refractivity contribution in [3.63, 3.8) is 0 Å². The number of benzene rings is 1. The fraction of sp³-hybridized carbons (Fsp3) is 0.429. The normalized spacial score (nSPS) is 22.4. The molecule has 0 spiro atoms. The van der Waals surface area contributed by atoms with Gasteiger partial charge in [0.2, 0.25) is 5.91 Å². The fourth-order valence-corrected chi connectivity index (χ4v) is 2.58. The zero-order chi connectivity index (χ0) is 12.3. The molecule has 0 radical (unpaired) electrons. The molecule has 0 saturated heterocycles. The number of nitrogens with zero attached hydrogens (tertiary/aromatic N) is 1. The Hall–Kier alpha value is -1.82. The summed E-state index contributed by atoms with van der Waals surface area (Å²) in [6.45, 7) is 1.53. The predicted molar refractivity (Wildman–Crippen MR) is 65.0 cm³/mol. The predicted octanol–water partition coefficient (Wildman–Crippen LogP) is 2.34. The van der Waals surface area contributed by atoms with E-state index in [1.165, 1.54) is 18.1 Å². The Morgan fingerprint density at radius 3 is 3.00 bits per heavy atom. The molecule has 1 aromatic rings. The van der Waals surface area contributed by atoms with Crippen molar-refractivity contribution in [3.05, 3.63) is 35.4 Å². The molecule has 1 N–H and O–H groups in total. The van der Waals surface area contributed by atoms with Crippen LogP contribution in [0.15, 0.2) is 24.3 Å². The Kier molecular flexibility index (Phi) is 3.43. The molecule has 0 aromatic heterocycles. The van der Waals surface area contributed by atoms with Crippen molar-refractivity contribution in [3.8, 4) is 6.07 Å². The molecule has 2 rings (SSSR count). The van der Waals surface area contributed by atoms with E-state index in [-0.39, 0.29) is 17.9 Å². The van der Waals surface area contributed by atoms with Gasteiger partial charge >= 0.3 is 0 Å². The van der Waals surface area contributed by atoms with E-state index < -0.39 is 0 Å². The van der Waals surface area contributed by atoms with Crippen LogP contribution >= 0.6 is 0 Å². The minimum Gasteiger partial charge on any atom is -0.349 e. The number of fused-ring (bicyclic) bond motifs is 1. The standard InChI is InChI=1S/C14H16N2O/c1-10(17)16-14-12(8-9-15)7-6-11-4-2-3-5-13(11)14/h2-5,12,14H,6-8H2,1H3,(H,16,17)/t12-,14+/m1/s1. The largest absolute Gasteiger partial charge is 0.349 e. The van der Waals surface area contributed by atoms with Gasteiger partial charge in [0.1, 0.15) is 0 Å². The van der Waals surface area contributed by atoms with E-state index in [1.807, 2.05) is 12.1 Å². The van der Waals surface area contributed by atoms with Crippen LogP contribution in [0.2, 0.25) is 0 Å². The molecule has 0 fully saturated rings. The SMILES string of the molecule is CC(=O)N[C@@H]1c2ccccc2CC[C@@H]1CC#N. The van der Waals surface area contributed by atoms with E-state index in [0.717, 1.165) is 12.8 Å². The third kappa shape index (κ3) is 2.47. The maximum Gasteiger partial charge on any atom is 0.217 e. The van der Waals surface area contributed by atoms with Crippen molar-refractivity contribution in [2.75, 3.05) is 0 Å². The maximum atomic E-state index is 11.3. The van der Waals surface area contributed by atoms with Crippen LogP contribution in [-0.2, 0) is 11.2 Å². The molecule has 0 unspecified atom stereocenters. The zero-order valence-electron chi connectivity index (χ0n) is 9.94. The quantitative estimate of drug-likeness (QED) is 0.844. The first kappa shape index (κ1) is 11.7. The lowest BCUT2D eigenvalue weighted by Gasteiger charge is -2.32. The van der Waals surface area contributed by atoms with Gasteiger partial charge in [-0.05, 0) is 29.9 Å². The Labute approximate surface area is 101 Å². The highest BCUT2D eigenvalue weighted by molar-refractivity contribution is 5.73. The van der Waals surface area contributed by atoms with Gasteiger partial charge in [0.05, 0.1) is 12.1 Å². The number of amides is 1. The van der Waals surface area contributed by atoms with Crippen LogP contribution in [0.4, 0.5) is 0 Å². The van der Waals surface area contributed by atoms with Gasteiger partial charge < -0.3 is 5.32 Å². The number of hydrogen-bond acceptors (Lipinski definition) is 2. The van der Waals surface area contributed by atoms with Crippen LogP contribution in [0.25, 0.3) is 0 Å². The summed E-state index contributed by atoms with van der Waals surface area (Å²) in [5.41, 5.74) is 2.47. The average molecular weight is 228 g/mol. The number of aryl methyl sites for hydroxylation is 1. The van der Waals surface area contributed by atoms with Gasteiger partial charge in [-0.15, -0.1) is 0 Å². The molecular formula is C14H16N2O. The van der Waals surface area contributed by atoms with E-state index in [4.69, 9.17) is 5.26 Å². The van der Waals surface area contributed by atoms with E-state index in [0.29, 0.717) is 6.42 Å². The summed E-state index contributed by atoms with van der Waals surface area (Å²) >= 11 is 0. The van der Waals surface area contributed by atoms with Gasteiger partial charge in [-0.1, -0.05) is 24.3 Å². The van der Waals surface area contributed by atoms with Crippen LogP contribution < -0.4 is 5.32 Å². The highest BCUT2D eigenvalue weighted by atomic mass is 16.1. The van der Waals surface area contributed by atoms with E-state index in [1.54, 1.807) is 0 Å². The van der Waals surface area contributed by atoms with Gasteiger partial charge in [0, 0.05) is 13.3 Å². The summed E-state index contributed by atoms with van der Waals surface area (Å²) < 4.78 is 0. The van der Waals surface area contributed by atoms with Gasteiger partial charge in [-0.3, -0.25) is 4.79 Å². The fourth-order valence-electron chi connectivity index (χ4n) is 2.58. The molecule has 1 aromatic carbocycles. The summed E-state index contributed by atoms with van der Waals surface area (Å²) in [5, 5.41) is 11.8. The molecule has 88 valence electrons. The first-order valence-corrected chi connectivity index (χ1v) is 5.94. The van der Waals surface area contributed by atoms with Crippen LogP contribution in [0.5, 0.6) is 0 Å². The van der Waals surface area contributed by atoms with Crippen LogP contribution in [-0.4, -0.2) is 5.91 Å². The monoisotopic (exact) mass is 228 g/mol. The summed E-state index contributed by atoms with van der Waals surface area (Å²) in [5.74, 6) is 0.202. The molecule has 1 aliphatic carbocycles. The Bertz CT molecular complexity index is 462. The first-order chi connectivity index (χ1) is 8.22. The summed E-state index contributed by atoms with van der Waals surface area (Å²) in [6.07, 6.45) is 2.47. The lowest BCUT2D eigenvalue weighted by molar-refractivity contribution is -0.120. The van der Waals surface area contributed by atoms with Gasteiger partial charge in [0.15, 0.2) is 0 Å². The lowest BCUT2D eigenvalue weighted by Crippen LogP contribution is -2.35. The summed E-state index contributed by atoms with van der Waals surface area (Å²) in [4.78, 5) is 11.3. The van der Waals surface area contributed by atoms with E-state index in [9.17, 15) is 4.79 Å². The number of hydrogen-bond donors (Lipinski definition) is 1. The Morgan fingerprint density at radius 1 is 1.53 bits per heavy atom. The Balaban J connectivity index is 2.32. The van der Waals surface area contributed by atoms with Gasteiger partial charge in [-0.2, -0.15) is 5.26 Å². The summed E-state index contributed by atoms with van der Waals surface area (Å²) in [6, 6.07) is 10.4. The summed E-state index contributed by atoms with van der Waals surface area (Å²) in [7, 11) is 0. The third-order valence-electron chi connectivity index (χ3n) is 3.36. The molecule has 3 heteroatoms. The molecule has 0 bridgehead atoms. The molecule has 3 nitrogen and oxygen atoms in total. The average Bonchev–Trinajstić information content (AvgIpc) is 2.32.